The molecule has 0 radical (unpaired) electrons. The molecule has 1 N–H and O–H groups in total. The summed E-state index contributed by atoms with van der Waals surface area (Å²) in [5.74, 6) is 0. The Labute approximate surface area is 99.9 Å². The van der Waals surface area contributed by atoms with Crippen molar-refractivity contribution in [1.29, 1.82) is 0 Å². The second-order valence-electron chi connectivity index (χ2n) is 3.63. The first-order valence-electron chi connectivity index (χ1n) is 4.70. The summed E-state index contributed by atoms with van der Waals surface area (Å²) in [5.41, 5.74) is -0.288. The van der Waals surface area contributed by atoms with Gasteiger partial charge in [0.25, 0.3) is 0 Å². The second-order valence-corrected chi connectivity index (χ2v) is 7.18. The van der Waals surface area contributed by atoms with Crippen molar-refractivity contribution >= 4 is 25.9 Å². The summed E-state index contributed by atoms with van der Waals surface area (Å²) in [4.78, 5) is -0.691. The summed E-state index contributed by atoms with van der Waals surface area (Å²) in [6.45, 7) is 2.85. The standard InChI is InChI=1S/C9H12FNO4S2/c1-7(2)17(14,15)11-8-5-3-4-6-9(8)16(10,12)13/h3-7,11H,1-2H3. The minimum atomic E-state index is -4.96. The fraction of sp³-hybridized carbons (Fsp3) is 0.333. The van der Waals surface area contributed by atoms with Crippen molar-refractivity contribution in [2.24, 2.45) is 0 Å². The van der Waals surface area contributed by atoms with Crippen LogP contribution in [0.1, 0.15) is 13.8 Å². The van der Waals surface area contributed by atoms with Crippen molar-refractivity contribution in [2.45, 2.75) is 24.0 Å². The number of rotatable bonds is 4. The van der Waals surface area contributed by atoms with Crippen LogP contribution in [0.3, 0.4) is 0 Å². The maximum Gasteiger partial charge on any atom is 0.334 e. The van der Waals surface area contributed by atoms with Crippen LogP contribution >= 0.6 is 0 Å². The third kappa shape index (κ3) is 3.40. The fourth-order valence-corrected chi connectivity index (χ4v) is 2.44. The Morgan fingerprint density at radius 2 is 1.65 bits per heavy atom. The molecule has 0 unspecified atom stereocenters. The first-order chi connectivity index (χ1) is 7.64. The minimum Gasteiger partial charge on any atom is -0.282 e. The van der Waals surface area contributed by atoms with E-state index < -0.39 is 30.4 Å². The lowest BCUT2D eigenvalue weighted by Gasteiger charge is -2.12. The molecule has 1 rings (SSSR count). The molecular formula is C9H12FNO4S2. The molecule has 0 aliphatic heterocycles. The molecule has 0 saturated heterocycles. The molecule has 8 heteroatoms. The molecule has 0 fully saturated rings. The molecule has 17 heavy (non-hydrogen) atoms. The largest absolute Gasteiger partial charge is 0.334 e. The van der Waals surface area contributed by atoms with Crippen molar-refractivity contribution in [3.05, 3.63) is 24.3 Å². The summed E-state index contributed by atoms with van der Waals surface area (Å²) in [6, 6.07) is 4.90. The number of para-hydroxylation sites is 1. The van der Waals surface area contributed by atoms with Crippen LogP contribution in [0.25, 0.3) is 0 Å². The number of nitrogens with one attached hydrogen (secondary N) is 1. The third-order valence-corrected chi connectivity index (χ3v) is 4.65. The van der Waals surface area contributed by atoms with Crippen LogP contribution in [-0.4, -0.2) is 22.1 Å². The number of sulfonamides is 1. The van der Waals surface area contributed by atoms with E-state index in [1.165, 1.54) is 32.0 Å². The van der Waals surface area contributed by atoms with E-state index in [1.54, 1.807) is 0 Å². The van der Waals surface area contributed by atoms with Gasteiger partial charge in [-0.05, 0) is 26.0 Å². The van der Waals surface area contributed by atoms with Gasteiger partial charge in [-0.1, -0.05) is 12.1 Å². The van der Waals surface area contributed by atoms with Crippen LogP contribution in [0.4, 0.5) is 9.57 Å². The quantitative estimate of drug-likeness (QED) is 0.848. The molecule has 0 saturated carbocycles. The van der Waals surface area contributed by atoms with E-state index in [2.05, 4.69) is 0 Å². The molecule has 0 amide bonds. The summed E-state index contributed by atoms with van der Waals surface area (Å²) in [5, 5.41) is -0.752. The molecule has 0 atom stereocenters. The molecule has 0 bridgehead atoms. The van der Waals surface area contributed by atoms with Crippen molar-refractivity contribution in [2.75, 3.05) is 4.72 Å². The predicted octanol–water partition coefficient (Wildman–Crippen LogP) is 1.49. The highest BCUT2D eigenvalue weighted by Gasteiger charge is 2.22. The van der Waals surface area contributed by atoms with Crippen LogP contribution in [0.15, 0.2) is 29.2 Å². The summed E-state index contributed by atoms with van der Waals surface area (Å²) in [6.07, 6.45) is 0. The first kappa shape index (κ1) is 13.9. The zero-order chi connectivity index (χ0) is 13.3. The van der Waals surface area contributed by atoms with Crippen LogP contribution < -0.4 is 4.72 Å². The van der Waals surface area contributed by atoms with Crippen molar-refractivity contribution in [3.8, 4) is 0 Å². The smallest absolute Gasteiger partial charge is 0.282 e. The highest BCUT2D eigenvalue weighted by Crippen LogP contribution is 2.24. The van der Waals surface area contributed by atoms with E-state index in [9.17, 15) is 20.7 Å². The second kappa shape index (κ2) is 4.61. The monoisotopic (exact) mass is 281 g/mol. The number of halogens is 1. The van der Waals surface area contributed by atoms with E-state index in [0.29, 0.717) is 0 Å². The topological polar surface area (TPSA) is 80.3 Å². The lowest BCUT2D eigenvalue weighted by Crippen LogP contribution is -2.23. The molecular weight excluding hydrogens is 269 g/mol. The van der Waals surface area contributed by atoms with E-state index in [1.807, 2.05) is 4.72 Å². The maximum atomic E-state index is 12.9. The summed E-state index contributed by atoms with van der Waals surface area (Å²) < 4.78 is 59.7. The number of anilines is 1. The van der Waals surface area contributed by atoms with Crippen LogP contribution in [-0.2, 0) is 20.2 Å². The number of hydrogen-bond acceptors (Lipinski definition) is 4. The predicted molar refractivity (Wildman–Crippen MR) is 62.4 cm³/mol. The molecule has 0 aliphatic rings. The van der Waals surface area contributed by atoms with Gasteiger partial charge in [0.2, 0.25) is 10.0 Å². The molecule has 1 aromatic rings. The van der Waals surface area contributed by atoms with E-state index in [-0.39, 0.29) is 5.69 Å². The van der Waals surface area contributed by atoms with Crippen LogP contribution in [0, 0.1) is 0 Å². The van der Waals surface area contributed by atoms with Crippen LogP contribution in [0.2, 0.25) is 0 Å². The van der Waals surface area contributed by atoms with Gasteiger partial charge in [0.1, 0.15) is 4.90 Å². The van der Waals surface area contributed by atoms with E-state index >= 15 is 0 Å². The molecule has 1 aromatic carbocycles. The Morgan fingerprint density at radius 3 is 2.12 bits per heavy atom. The molecule has 0 heterocycles. The Morgan fingerprint density at radius 1 is 1.12 bits per heavy atom. The number of hydrogen-bond donors (Lipinski definition) is 1. The number of benzene rings is 1. The fourth-order valence-electron chi connectivity index (χ4n) is 1.03. The summed E-state index contributed by atoms with van der Waals surface area (Å²) >= 11 is 0. The van der Waals surface area contributed by atoms with Gasteiger partial charge in [-0.25, -0.2) is 8.42 Å². The molecule has 0 aliphatic carbocycles. The van der Waals surface area contributed by atoms with E-state index in [0.717, 1.165) is 6.07 Å². The molecule has 96 valence electrons. The normalized spacial score (nSPS) is 12.7. The molecule has 0 aromatic heterocycles. The van der Waals surface area contributed by atoms with Crippen LogP contribution in [0.5, 0.6) is 0 Å². The minimum absolute atomic E-state index is 0.288. The molecule has 5 nitrogen and oxygen atoms in total. The Kier molecular flexibility index (Phi) is 3.78. The van der Waals surface area contributed by atoms with Gasteiger partial charge in [0, 0.05) is 0 Å². The summed E-state index contributed by atoms with van der Waals surface area (Å²) in [7, 11) is -8.67. The van der Waals surface area contributed by atoms with E-state index in [4.69, 9.17) is 0 Å². The van der Waals surface area contributed by atoms with Gasteiger partial charge < -0.3 is 0 Å². The van der Waals surface area contributed by atoms with Gasteiger partial charge in [-0.15, -0.1) is 3.89 Å². The highest BCUT2D eigenvalue weighted by atomic mass is 32.3. The Bertz CT molecular complexity index is 608. The maximum absolute atomic E-state index is 12.9. The third-order valence-electron chi connectivity index (χ3n) is 2.02. The highest BCUT2D eigenvalue weighted by molar-refractivity contribution is 7.93. The van der Waals surface area contributed by atoms with Crippen molar-refractivity contribution in [1.82, 2.24) is 0 Å². The van der Waals surface area contributed by atoms with Gasteiger partial charge in [0.15, 0.2) is 0 Å². The van der Waals surface area contributed by atoms with Crippen molar-refractivity contribution in [3.63, 3.8) is 0 Å². The Balaban J connectivity index is 3.27. The average Bonchev–Trinajstić information content (AvgIpc) is 2.15. The van der Waals surface area contributed by atoms with Gasteiger partial charge in [-0.3, -0.25) is 4.72 Å². The average molecular weight is 281 g/mol. The van der Waals surface area contributed by atoms with Gasteiger partial charge in [-0.2, -0.15) is 8.42 Å². The van der Waals surface area contributed by atoms with Gasteiger partial charge >= 0.3 is 10.2 Å². The zero-order valence-electron chi connectivity index (χ0n) is 9.21. The lowest BCUT2D eigenvalue weighted by molar-refractivity contribution is 0.552. The Hall–Kier alpha value is -1.15. The first-order valence-corrected chi connectivity index (χ1v) is 7.63. The molecule has 0 spiro atoms. The SMILES string of the molecule is CC(C)S(=O)(=O)Nc1ccccc1S(=O)(=O)F. The van der Waals surface area contributed by atoms with Crippen molar-refractivity contribution < 1.29 is 20.7 Å². The van der Waals surface area contributed by atoms with Gasteiger partial charge in [0.05, 0.1) is 10.9 Å². The zero-order valence-corrected chi connectivity index (χ0v) is 10.8. The lowest BCUT2D eigenvalue weighted by atomic mass is 10.3.